The van der Waals surface area contributed by atoms with Crippen LogP contribution < -0.4 is 21.5 Å². The van der Waals surface area contributed by atoms with Crippen LogP contribution in [0.15, 0.2) is 88.5 Å². The highest BCUT2D eigenvalue weighted by Crippen LogP contribution is 2.33. The largest absolute Gasteiger partial charge is 0.502 e. The zero-order chi connectivity index (χ0) is 22.0. The number of para-hydroxylation sites is 1. The molecule has 0 aromatic heterocycles. The second-order valence-corrected chi connectivity index (χ2v) is 7.81. The number of benzene rings is 3. The molecule has 0 amide bonds. The van der Waals surface area contributed by atoms with Crippen molar-refractivity contribution < 1.29 is 5.11 Å². The monoisotopic (exact) mass is 432 g/mol. The standard InChI is InChI=1S/C25H21ClN2O3/c1-15(16-7-3-2-4-8-16)27-21(17-11-13-18(26)14-12-17)19-9-5-6-10-20(19)28-22-23(29)25(31)24(22)30/h2-15,21,27-29H,1H3. The van der Waals surface area contributed by atoms with E-state index in [0.717, 1.165) is 16.7 Å². The molecule has 0 heterocycles. The molecule has 2 unspecified atom stereocenters. The normalized spacial score (nSPS) is 13.1. The van der Waals surface area contributed by atoms with Gasteiger partial charge in [0, 0.05) is 16.8 Å². The van der Waals surface area contributed by atoms with Crippen molar-refractivity contribution >= 4 is 23.0 Å². The van der Waals surface area contributed by atoms with Crippen molar-refractivity contribution in [2.24, 2.45) is 0 Å². The van der Waals surface area contributed by atoms with Crippen molar-refractivity contribution in [3.63, 3.8) is 0 Å². The number of anilines is 2. The fourth-order valence-electron chi connectivity index (χ4n) is 3.60. The van der Waals surface area contributed by atoms with Gasteiger partial charge in [-0.25, -0.2) is 0 Å². The minimum Gasteiger partial charge on any atom is -0.502 e. The van der Waals surface area contributed by atoms with Crippen LogP contribution in [0.1, 0.15) is 35.7 Å². The maximum Gasteiger partial charge on any atom is 0.271 e. The highest BCUT2D eigenvalue weighted by atomic mass is 35.5. The molecule has 0 aliphatic heterocycles. The summed E-state index contributed by atoms with van der Waals surface area (Å²) < 4.78 is 0. The van der Waals surface area contributed by atoms with Crippen molar-refractivity contribution in [2.75, 3.05) is 5.32 Å². The Labute approximate surface area is 184 Å². The van der Waals surface area contributed by atoms with Crippen LogP contribution in [0.5, 0.6) is 5.75 Å². The zero-order valence-corrected chi connectivity index (χ0v) is 17.6. The first kappa shape index (κ1) is 20.8. The van der Waals surface area contributed by atoms with E-state index < -0.39 is 16.6 Å². The SMILES string of the molecule is CC(NC(c1ccc(Cl)cc1)c1ccccc1Nc1c(O)c(=O)c1=O)c1ccccc1. The van der Waals surface area contributed by atoms with Gasteiger partial charge in [0.15, 0.2) is 5.75 Å². The third-order valence-electron chi connectivity index (χ3n) is 5.34. The topological polar surface area (TPSA) is 78.4 Å². The number of hydrogen-bond acceptors (Lipinski definition) is 5. The van der Waals surface area contributed by atoms with Crippen molar-refractivity contribution in [2.45, 2.75) is 19.0 Å². The van der Waals surface area contributed by atoms with Crippen LogP contribution in [-0.2, 0) is 0 Å². The molecular formula is C25H21ClN2O3. The van der Waals surface area contributed by atoms with Gasteiger partial charge in [-0.15, -0.1) is 0 Å². The first-order valence-electron chi connectivity index (χ1n) is 9.90. The summed E-state index contributed by atoms with van der Waals surface area (Å²) in [5, 5.41) is 17.0. The van der Waals surface area contributed by atoms with Crippen molar-refractivity contribution in [1.29, 1.82) is 0 Å². The van der Waals surface area contributed by atoms with E-state index in [1.54, 1.807) is 0 Å². The van der Waals surface area contributed by atoms with E-state index in [0.29, 0.717) is 10.7 Å². The molecular weight excluding hydrogens is 412 g/mol. The lowest BCUT2D eigenvalue weighted by atomic mass is 9.95. The minimum absolute atomic E-state index is 0.0227. The molecule has 31 heavy (non-hydrogen) atoms. The number of nitrogens with one attached hydrogen (secondary N) is 2. The van der Waals surface area contributed by atoms with E-state index in [4.69, 9.17) is 11.6 Å². The van der Waals surface area contributed by atoms with Crippen LogP contribution in [-0.4, -0.2) is 5.11 Å². The van der Waals surface area contributed by atoms with Gasteiger partial charge in [0.05, 0.1) is 6.04 Å². The molecule has 0 bridgehead atoms. The van der Waals surface area contributed by atoms with Crippen LogP contribution in [0.25, 0.3) is 0 Å². The summed E-state index contributed by atoms with van der Waals surface area (Å²) in [5.74, 6) is -0.534. The average molecular weight is 433 g/mol. The van der Waals surface area contributed by atoms with Gasteiger partial charge in [0.25, 0.3) is 10.9 Å². The zero-order valence-electron chi connectivity index (χ0n) is 16.8. The smallest absolute Gasteiger partial charge is 0.271 e. The fraction of sp³-hybridized carbons (Fsp3) is 0.120. The molecule has 5 nitrogen and oxygen atoms in total. The van der Waals surface area contributed by atoms with Crippen LogP contribution in [0, 0.1) is 0 Å². The number of aromatic hydroxyl groups is 1. The molecule has 2 atom stereocenters. The Kier molecular flexibility index (Phi) is 5.89. The molecule has 0 saturated heterocycles. The van der Waals surface area contributed by atoms with E-state index in [-0.39, 0.29) is 17.8 Å². The Balaban J connectivity index is 1.74. The van der Waals surface area contributed by atoms with E-state index in [2.05, 4.69) is 29.7 Å². The number of hydrogen-bond donors (Lipinski definition) is 3. The summed E-state index contributed by atoms with van der Waals surface area (Å²) in [6.45, 7) is 2.08. The quantitative estimate of drug-likeness (QED) is 0.365. The van der Waals surface area contributed by atoms with Gasteiger partial charge in [-0.2, -0.15) is 0 Å². The first-order valence-corrected chi connectivity index (χ1v) is 10.3. The van der Waals surface area contributed by atoms with Gasteiger partial charge in [0.2, 0.25) is 0 Å². The van der Waals surface area contributed by atoms with E-state index in [9.17, 15) is 14.7 Å². The Bertz CT molecular complexity index is 1260. The van der Waals surface area contributed by atoms with Gasteiger partial charge in [-0.05, 0) is 41.8 Å². The van der Waals surface area contributed by atoms with Gasteiger partial charge in [-0.3, -0.25) is 14.9 Å². The Morgan fingerprint density at radius 1 is 0.806 bits per heavy atom. The molecule has 0 aliphatic rings. The third kappa shape index (κ3) is 4.24. The molecule has 0 saturated carbocycles. The molecule has 0 radical (unpaired) electrons. The predicted octanol–water partition coefficient (Wildman–Crippen LogP) is 4.83. The highest BCUT2D eigenvalue weighted by molar-refractivity contribution is 6.30. The molecule has 4 aromatic carbocycles. The molecule has 0 aliphatic carbocycles. The Morgan fingerprint density at radius 3 is 2.13 bits per heavy atom. The third-order valence-corrected chi connectivity index (χ3v) is 5.59. The lowest BCUT2D eigenvalue weighted by Crippen LogP contribution is -2.33. The molecule has 3 N–H and O–H groups in total. The molecule has 4 aromatic rings. The van der Waals surface area contributed by atoms with E-state index in [1.165, 1.54) is 0 Å². The number of rotatable bonds is 7. The maximum atomic E-state index is 11.9. The second-order valence-electron chi connectivity index (χ2n) is 7.38. The molecule has 6 heteroatoms. The van der Waals surface area contributed by atoms with Crippen molar-refractivity contribution in [3.05, 3.63) is 121 Å². The van der Waals surface area contributed by atoms with E-state index >= 15 is 0 Å². The van der Waals surface area contributed by atoms with Gasteiger partial charge >= 0.3 is 0 Å². The second kappa shape index (κ2) is 8.76. The average Bonchev–Trinajstić information content (AvgIpc) is 2.81. The summed E-state index contributed by atoms with van der Waals surface area (Å²) in [6.07, 6.45) is 0. The Hall–Kier alpha value is -3.41. The van der Waals surface area contributed by atoms with Crippen LogP contribution in [0.4, 0.5) is 11.4 Å². The molecule has 4 rings (SSSR count). The van der Waals surface area contributed by atoms with E-state index in [1.807, 2.05) is 66.7 Å². The Morgan fingerprint density at radius 2 is 1.45 bits per heavy atom. The van der Waals surface area contributed by atoms with Crippen LogP contribution in [0.3, 0.4) is 0 Å². The lowest BCUT2D eigenvalue weighted by molar-refractivity contribution is 0.466. The van der Waals surface area contributed by atoms with Gasteiger partial charge in [0.1, 0.15) is 5.69 Å². The highest BCUT2D eigenvalue weighted by Gasteiger charge is 2.24. The maximum absolute atomic E-state index is 11.9. The van der Waals surface area contributed by atoms with Gasteiger partial charge < -0.3 is 10.4 Å². The van der Waals surface area contributed by atoms with Crippen molar-refractivity contribution in [3.8, 4) is 5.75 Å². The predicted molar refractivity (Wildman–Crippen MR) is 124 cm³/mol. The molecule has 0 fully saturated rings. The summed E-state index contributed by atoms with van der Waals surface area (Å²) in [5.41, 5.74) is 1.93. The summed E-state index contributed by atoms with van der Waals surface area (Å²) in [6, 6.07) is 24.9. The van der Waals surface area contributed by atoms with Crippen molar-refractivity contribution in [1.82, 2.24) is 5.32 Å². The lowest BCUT2D eigenvalue weighted by Gasteiger charge is -2.27. The summed E-state index contributed by atoms with van der Waals surface area (Å²) in [7, 11) is 0. The fourth-order valence-corrected chi connectivity index (χ4v) is 3.73. The van der Waals surface area contributed by atoms with Crippen LogP contribution >= 0.6 is 11.6 Å². The summed E-state index contributed by atoms with van der Waals surface area (Å²) >= 11 is 6.10. The summed E-state index contributed by atoms with van der Waals surface area (Å²) in [4.78, 5) is 23.3. The van der Waals surface area contributed by atoms with Gasteiger partial charge in [-0.1, -0.05) is 72.3 Å². The van der Waals surface area contributed by atoms with Crippen LogP contribution in [0.2, 0.25) is 5.02 Å². The minimum atomic E-state index is -0.870. The molecule has 0 spiro atoms. The molecule has 156 valence electrons. The first-order chi connectivity index (χ1) is 15.0. The number of halogens is 1.